The average Bonchev–Trinajstić information content (AvgIpc) is 2.79. The maximum Gasteiger partial charge on any atom is 0.339 e. The van der Waals surface area contributed by atoms with Crippen LogP contribution in [0.4, 0.5) is 0 Å². The Labute approximate surface area is 132 Å². The summed E-state index contributed by atoms with van der Waals surface area (Å²) in [5, 5.41) is 55.7. The van der Waals surface area contributed by atoms with Gasteiger partial charge in [0.1, 0.15) is 0 Å². The summed E-state index contributed by atoms with van der Waals surface area (Å²) in [6.45, 7) is 0. The number of phenols is 3. The minimum Gasteiger partial charge on any atom is -0.504 e. The number of esters is 2. The third-order valence-electron chi connectivity index (χ3n) is 3.24. The van der Waals surface area contributed by atoms with Gasteiger partial charge in [-0.05, 0) is 12.1 Å². The van der Waals surface area contributed by atoms with Crippen molar-refractivity contribution in [3.05, 3.63) is 17.7 Å². The molecule has 24 heavy (non-hydrogen) atoms. The molecule has 0 saturated carbocycles. The number of aliphatic carboxylic acids is 1. The van der Waals surface area contributed by atoms with Gasteiger partial charge in [0.05, 0.1) is 5.56 Å². The number of rotatable bonds is 4. The van der Waals surface area contributed by atoms with E-state index >= 15 is 0 Å². The number of cyclic esters (lactones) is 1. The van der Waals surface area contributed by atoms with Crippen LogP contribution in [0.5, 0.6) is 17.2 Å². The first-order valence-corrected chi connectivity index (χ1v) is 6.38. The van der Waals surface area contributed by atoms with Gasteiger partial charge in [-0.15, -0.1) is 0 Å². The molecule has 1 aromatic rings. The number of carbonyl (C=O) groups excluding carboxylic acids is 2. The van der Waals surface area contributed by atoms with Crippen molar-refractivity contribution in [1.29, 1.82) is 0 Å². The molecule has 1 aliphatic rings. The van der Waals surface area contributed by atoms with Crippen molar-refractivity contribution in [3.8, 4) is 17.2 Å². The van der Waals surface area contributed by atoms with Gasteiger partial charge in [-0.1, -0.05) is 0 Å². The summed E-state index contributed by atoms with van der Waals surface area (Å²) in [4.78, 5) is 34.1. The molecule has 1 aromatic carbocycles. The van der Waals surface area contributed by atoms with Gasteiger partial charge >= 0.3 is 17.9 Å². The van der Waals surface area contributed by atoms with Crippen LogP contribution in [-0.4, -0.2) is 73.0 Å². The zero-order valence-corrected chi connectivity index (χ0v) is 11.7. The molecule has 2 rings (SSSR count). The molecular formula is C13H12O11. The van der Waals surface area contributed by atoms with Gasteiger partial charge in [-0.25, -0.2) is 14.4 Å². The Morgan fingerprint density at radius 2 is 1.71 bits per heavy atom. The summed E-state index contributed by atoms with van der Waals surface area (Å²) in [6, 6.07) is 1.45. The predicted molar refractivity (Wildman–Crippen MR) is 70.2 cm³/mol. The van der Waals surface area contributed by atoms with E-state index in [2.05, 4.69) is 4.74 Å². The Bertz CT molecular complexity index is 674. The number of benzene rings is 1. The highest BCUT2D eigenvalue weighted by Gasteiger charge is 2.51. The van der Waals surface area contributed by atoms with Crippen LogP contribution in [0, 0.1) is 0 Å². The number of aromatic hydroxyl groups is 3. The molecule has 1 saturated heterocycles. The number of carbonyl (C=O) groups is 3. The zero-order chi connectivity index (χ0) is 18.2. The highest BCUT2D eigenvalue weighted by Crippen LogP contribution is 2.36. The summed E-state index contributed by atoms with van der Waals surface area (Å²) in [6.07, 6.45) is -7.99. The van der Waals surface area contributed by atoms with E-state index in [1.165, 1.54) is 0 Å². The Morgan fingerprint density at radius 3 is 2.21 bits per heavy atom. The molecule has 6 N–H and O–H groups in total. The molecule has 0 aliphatic carbocycles. The van der Waals surface area contributed by atoms with Crippen molar-refractivity contribution in [1.82, 2.24) is 0 Å². The first-order chi connectivity index (χ1) is 11.1. The highest BCUT2D eigenvalue weighted by atomic mass is 16.6. The minimum atomic E-state index is -2.26. The van der Waals surface area contributed by atoms with Crippen LogP contribution in [0.1, 0.15) is 10.4 Å². The van der Waals surface area contributed by atoms with Crippen molar-refractivity contribution in [2.45, 2.75) is 24.4 Å². The quantitative estimate of drug-likeness (QED) is 0.263. The summed E-state index contributed by atoms with van der Waals surface area (Å²) in [5.41, 5.74) is -0.474. The van der Waals surface area contributed by atoms with Crippen molar-refractivity contribution in [2.24, 2.45) is 0 Å². The second kappa shape index (κ2) is 6.22. The maximum atomic E-state index is 12.0. The lowest BCUT2D eigenvalue weighted by Crippen LogP contribution is -2.45. The molecule has 11 nitrogen and oxygen atoms in total. The lowest BCUT2D eigenvalue weighted by atomic mass is 10.1. The van der Waals surface area contributed by atoms with Crippen molar-refractivity contribution >= 4 is 17.9 Å². The Balaban J connectivity index is 2.25. The molecule has 0 aromatic heterocycles. The number of carboxylic acids is 1. The third-order valence-corrected chi connectivity index (χ3v) is 3.24. The molecule has 11 heteroatoms. The first-order valence-electron chi connectivity index (χ1n) is 6.38. The van der Waals surface area contributed by atoms with Crippen LogP contribution in [0.3, 0.4) is 0 Å². The highest BCUT2D eigenvalue weighted by molar-refractivity contribution is 5.92. The predicted octanol–water partition coefficient (Wildman–Crippen LogP) is -1.94. The monoisotopic (exact) mass is 344 g/mol. The first kappa shape index (κ1) is 17.3. The summed E-state index contributed by atoms with van der Waals surface area (Å²) in [7, 11) is 0. The van der Waals surface area contributed by atoms with E-state index in [1.54, 1.807) is 0 Å². The second-order valence-electron chi connectivity index (χ2n) is 4.86. The Kier molecular flexibility index (Phi) is 4.48. The molecule has 0 bridgehead atoms. The molecule has 0 radical (unpaired) electrons. The molecule has 1 aliphatic heterocycles. The molecule has 130 valence electrons. The van der Waals surface area contributed by atoms with Crippen LogP contribution in [0.15, 0.2) is 12.1 Å². The molecule has 0 amide bonds. The number of ether oxygens (including phenoxy) is 2. The minimum absolute atomic E-state index is 0.474. The lowest BCUT2D eigenvalue weighted by Gasteiger charge is -2.21. The molecule has 4 atom stereocenters. The van der Waals surface area contributed by atoms with E-state index in [0.29, 0.717) is 0 Å². The van der Waals surface area contributed by atoms with Crippen LogP contribution >= 0.6 is 0 Å². The smallest absolute Gasteiger partial charge is 0.339 e. The number of hydrogen-bond acceptors (Lipinski definition) is 10. The summed E-state index contributed by atoms with van der Waals surface area (Å²) < 4.78 is 9.23. The average molecular weight is 344 g/mol. The fourth-order valence-electron chi connectivity index (χ4n) is 2.01. The van der Waals surface area contributed by atoms with Crippen molar-refractivity contribution in [2.75, 3.05) is 0 Å². The van der Waals surface area contributed by atoms with E-state index in [4.69, 9.17) is 9.84 Å². The van der Waals surface area contributed by atoms with Gasteiger partial charge in [0.25, 0.3) is 0 Å². The SMILES string of the molecule is O=C(OC1C(O)C(=O)OC1C(O)C(=O)O)c1cc(O)c(O)c(O)c1. The molecule has 1 fully saturated rings. The van der Waals surface area contributed by atoms with Crippen LogP contribution in [-0.2, 0) is 19.1 Å². The van der Waals surface area contributed by atoms with Crippen molar-refractivity contribution in [3.63, 3.8) is 0 Å². The normalized spacial score (nSPS) is 24.2. The topological polar surface area (TPSA) is 191 Å². The van der Waals surface area contributed by atoms with E-state index in [0.717, 1.165) is 12.1 Å². The number of carboxylic acid groups (broad SMARTS) is 1. The number of hydrogen-bond donors (Lipinski definition) is 6. The Hall–Kier alpha value is -3.05. The van der Waals surface area contributed by atoms with Crippen LogP contribution in [0.2, 0.25) is 0 Å². The fraction of sp³-hybridized carbons (Fsp3) is 0.308. The van der Waals surface area contributed by atoms with E-state index in [9.17, 15) is 39.9 Å². The fourth-order valence-corrected chi connectivity index (χ4v) is 2.01. The van der Waals surface area contributed by atoms with Gasteiger partial charge in [-0.3, -0.25) is 0 Å². The second-order valence-corrected chi connectivity index (χ2v) is 4.86. The van der Waals surface area contributed by atoms with Gasteiger partial charge in [0.15, 0.2) is 41.7 Å². The van der Waals surface area contributed by atoms with Gasteiger partial charge in [0.2, 0.25) is 0 Å². The number of phenolic OH excluding ortho intramolecular Hbond substituents is 3. The lowest BCUT2D eigenvalue weighted by molar-refractivity contribution is -0.162. The van der Waals surface area contributed by atoms with E-state index < -0.39 is 65.1 Å². The standard InChI is InChI=1S/C13H12O11/c14-4-1-3(2-5(15)6(4)16)12(21)23-10-8(18)13(22)24-9(10)7(17)11(19)20/h1-2,7-10,14-18H,(H,19,20). The van der Waals surface area contributed by atoms with Gasteiger partial charge in [-0.2, -0.15) is 0 Å². The van der Waals surface area contributed by atoms with Crippen LogP contribution in [0.25, 0.3) is 0 Å². The van der Waals surface area contributed by atoms with E-state index in [1.807, 2.05) is 0 Å². The van der Waals surface area contributed by atoms with E-state index in [-0.39, 0.29) is 0 Å². The molecule has 4 unspecified atom stereocenters. The molecular weight excluding hydrogens is 332 g/mol. The number of aliphatic hydroxyl groups excluding tert-OH is 2. The van der Waals surface area contributed by atoms with Crippen LogP contribution < -0.4 is 0 Å². The van der Waals surface area contributed by atoms with Crippen molar-refractivity contribution < 1.29 is 54.5 Å². The maximum absolute atomic E-state index is 12.0. The summed E-state index contributed by atoms with van der Waals surface area (Å²) in [5.74, 6) is -6.93. The zero-order valence-electron chi connectivity index (χ0n) is 11.7. The molecule has 0 spiro atoms. The summed E-state index contributed by atoms with van der Waals surface area (Å²) >= 11 is 0. The number of aliphatic hydroxyl groups is 2. The van der Waals surface area contributed by atoms with Gasteiger partial charge in [0, 0.05) is 0 Å². The van der Waals surface area contributed by atoms with Gasteiger partial charge < -0.3 is 40.1 Å². The molecule has 1 heterocycles. The largest absolute Gasteiger partial charge is 0.504 e. The Morgan fingerprint density at radius 1 is 1.17 bits per heavy atom. The third kappa shape index (κ3) is 3.02.